The number of hydroxylamine groups is 2. The Bertz CT molecular complexity index is 930. The fourth-order valence-electron chi connectivity index (χ4n) is 2.30. The smallest absolute Gasteiger partial charge is 0.260 e. The van der Waals surface area contributed by atoms with Crippen molar-refractivity contribution in [2.75, 3.05) is 25.2 Å². The molecule has 3 rings (SSSR count). The largest absolute Gasteiger partial charge is 0.369 e. The number of nitrogen functional groups attached to an aromatic ring is 1. The molecule has 25 heavy (non-hydrogen) atoms. The van der Waals surface area contributed by atoms with Gasteiger partial charge in [-0.15, -0.1) is 0 Å². The van der Waals surface area contributed by atoms with E-state index in [1.807, 2.05) is 0 Å². The van der Waals surface area contributed by atoms with E-state index in [4.69, 9.17) is 10.6 Å². The van der Waals surface area contributed by atoms with Crippen molar-refractivity contribution in [1.82, 2.24) is 25.0 Å². The lowest BCUT2D eigenvalue weighted by Crippen LogP contribution is -2.27. The molecule has 2 aromatic heterocycles. The number of carbonyl (C=O) groups excluding carboxylic acids is 2. The molecular weight excluding hydrogens is 326 g/mol. The summed E-state index contributed by atoms with van der Waals surface area (Å²) in [6.07, 6.45) is 1.54. The zero-order valence-corrected chi connectivity index (χ0v) is 13.7. The Labute approximate surface area is 142 Å². The van der Waals surface area contributed by atoms with E-state index in [1.54, 1.807) is 18.2 Å². The number of nitrogens with one attached hydrogen (secondary N) is 3. The van der Waals surface area contributed by atoms with Gasteiger partial charge in [0.15, 0.2) is 5.95 Å². The van der Waals surface area contributed by atoms with Crippen LogP contribution in [0.3, 0.4) is 0 Å². The van der Waals surface area contributed by atoms with Gasteiger partial charge >= 0.3 is 0 Å². The first kappa shape index (κ1) is 16.5. The molecule has 0 bridgehead atoms. The van der Waals surface area contributed by atoms with Crippen molar-refractivity contribution in [1.29, 1.82) is 0 Å². The molecule has 0 saturated carbocycles. The molecular formula is C15H17N7O3. The van der Waals surface area contributed by atoms with Crippen LogP contribution in [0.4, 0.5) is 11.9 Å². The number of H-pyrrole nitrogens is 2. The minimum atomic E-state index is -0.390. The van der Waals surface area contributed by atoms with Crippen LogP contribution in [0, 0.1) is 0 Å². The molecule has 0 unspecified atom stereocenters. The van der Waals surface area contributed by atoms with Gasteiger partial charge in [-0.3, -0.25) is 19.7 Å². The van der Waals surface area contributed by atoms with Crippen LogP contribution in [-0.4, -0.2) is 51.0 Å². The molecule has 0 fully saturated rings. The molecule has 0 aliphatic heterocycles. The zero-order valence-electron chi connectivity index (χ0n) is 13.7. The summed E-state index contributed by atoms with van der Waals surface area (Å²) in [4.78, 5) is 43.0. The molecule has 2 heterocycles. The quantitative estimate of drug-likeness (QED) is 0.502. The molecule has 0 aliphatic rings. The van der Waals surface area contributed by atoms with E-state index in [2.05, 4.69) is 25.3 Å². The monoisotopic (exact) mass is 343 g/mol. The summed E-state index contributed by atoms with van der Waals surface area (Å²) in [5.74, 6) is -0.177. The first-order chi connectivity index (χ1) is 12.0. The number of aromatic amines is 2. The van der Waals surface area contributed by atoms with Gasteiger partial charge < -0.3 is 15.7 Å². The second-order valence-corrected chi connectivity index (χ2v) is 5.29. The fourth-order valence-corrected chi connectivity index (χ4v) is 2.30. The van der Waals surface area contributed by atoms with E-state index in [1.165, 1.54) is 20.4 Å². The summed E-state index contributed by atoms with van der Waals surface area (Å²) in [5.41, 5.74) is 7.68. The number of fused-ring (bicyclic) bond motifs is 1. The number of anilines is 2. The summed E-state index contributed by atoms with van der Waals surface area (Å²) in [6, 6.07) is 5.14. The number of imidazole rings is 2. The van der Waals surface area contributed by atoms with Crippen molar-refractivity contribution < 1.29 is 14.4 Å². The molecule has 0 spiro atoms. The van der Waals surface area contributed by atoms with Gasteiger partial charge in [-0.05, 0) is 12.1 Å². The minimum Gasteiger partial charge on any atom is -0.369 e. The van der Waals surface area contributed by atoms with E-state index in [9.17, 15) is 9.59 Å². The predicted octanol–water partition coefficient (Wildman–Crippen LogP) is 0.683. The van der Waals surface area contributed by atoms with Crippen molar-refractivity contribution in [2.24, 2.45) is 0 Å². The molecule has 0 aliphatic carbocycles. The van der Waals surface area contributed by atoms with Crippen LogP contribution in [0.1, 0.15) is 16.1 Å². The maximum absolute atomic E-state index is 12.5. The topological polar surface area (TPSA) is 142 Å². The number of amides is 2. The summed E-state index contributed by atoms with van der Waals surface area (Å²) in [6.45, 7) is 0. The van der Waals surface area contributed by atoms with Gasteiger partial charge in [0.05, 0.1) is 30.8 Å². The number of hydrogen-bond donors (Lipinski definition) is 4. The number of nitrogens with two attached hydrogens (primary N) is 1. The van der Waals surface area contributed by atoms with Gasteiger partial charge in [0.25, 0.3) is 11.8 Å². The molecule has 5 N–H and O–H groups in total. The minimum absolute atomic E-state index is 0.0681. The van der Waals surface area contributed by atoms with Crippen molar-refractivity contribution in [3.8, 4) is 0 Å². The average molecular weight is 343 g/mol. The van der Waals surface area contributed by atoms with Crippen LogP contribution >= 0.6 is 0 Å². The summed E-state index contributed by atoms with van der Waals surface area (Å²) in [7, 11) is 2.91. The molecule has 2 amide bonds. The van der Waals surface area contributed by atoms with Crippen molar-refractivity contribution in [3.05, 3.63) is 35.7 Å². The third-order valence-corrected chi connectivity index (χ3v) is 3.60. The molecule has 1 aromatic carbocycles. The third kappa shape index (κ3) is 3.43. The normalized spacial score (nSPS) is 10.8. The number of hydrogen-bond acceptors (Lipinski definition) is 6. The number of carbonyl (C=O) groups is 2. The SMILES string of the molecule is CON(C)C(=O)Cc1cnc(NC(=O)c2cccc3[nH]c(N)nc23)[nH]1. The van der Waals surface area contributed by atoms with Gasteiger partial charge in [-0.2, -0.15) is 0 Å². The number of benzene rings is 1. The van der Waals surface area contributed by atoms with Gasteiger partial charge in [0.1, 0.15) is 5.52 Å². The summed E-state index contributed by atoms with van der Waals surface area (Å²) in [5, 5.41) is 3.75. The highest BCUT2D eigenvalue weighted by Crippen LogP contribution is 2.18. The fraction of sp³-hybridized carbons (Fsp3) is 0.200. The van der Waals surface area contributed by atoms with Crippen molar-refractivity contribution >= 4 is 34.7 Å². The predicted molar refractivity (Wildman–Crippen MR) is 90.5 cm³/mol. The van der Waals surface area contributed by atoms with Crippen LogP contribution in [0.15, 0.2) is 24.4 Å². The lowest BCUT2D eigenvalue weighted by Gasteiger charge is -2.12. The van der Waals surface area contributed by atoms with Gasteiger partial charge in [0, 0.05) is 12.7 Å². The van der Waals surface area contributed by atoms with Gasteiger partial charge in [-0.1, -0.05) is 6.07 Å². The molecule has 0 atom stereocenters. The highest BCUT2D eigenvalue weighted by Gasteiger charge is 2.16. The molecule has 0 radical (unpaired) electrons. The Balaban J connectivity index is 1.74. The van der Waals surface area contributed by atoms with E-state index < -0.39 is 5.91 Å². The second kappa shape index (κ2) is 6.61. The van der Waals surface area contributed by atoms with Crippen molar-refractivity contribution in [2.45, 2.75) is 6.42 Å². The van der Waals surface area contributed by atoms with Gasteiger partial charge in [-0.25, -0.2) is 15.0 Å². The van der Waals surface area contributed by atoms with Crippen LogP contribution < -0.4 is 11.1 Å². The van der Waals surface area contributed by atoms with E-state index >= 15 is 0 Å². The standard InChI is InChI=1S/C15H17N7O3/c1-22(25-2)11(23)6-8-7-17-15(18-8)21-13(24)9-4-3-5-10-12(9)20-14(16)19-10/h3-5,7H,6H2,1-2H3,(H3,16,19,20)(H2,17,18,21,24). The highest BCUT2D eigenvalue weighted by atomic mass is 16.7. The molecule has 10 heteroatoms. The van der Waals surface area contributed by atoms with Crippen molar-refractivity contribution in [3.63, 3.8) is 0 Å². The third-order valence-electron chi connectivity index (χ3n) is 3.60. The average Bonchev–Trinajstić information content (AvgIpc) is 3.18. The van der Waals surface area contributed by atoms with E-state index in [0.717, 1.165) is 5.06 Å². The van der Waals surface area contributed by atoms with Crippen LogP contribution in [0.25, 0.3) is 11.0 Å². The maximum atomic E-state index is 12.5. The Morgan fingerprint density at radius 2 is 2.16 bits per heavy atom. The van der Waals surface area contributed by atoms with Crippen LogP contribution in [0.5, 0.6) is 0 Å². The van der Waals surface area contributed by atoms with Crippen LogP contribution in [-0.2, 0) is 16.1 Å². The molecule has 0 saturated heterocycles. The second-order valence-electron chi connectivity index (χ2n) is 5.29. The maximum Gasteiger partial charge on any atom is 0.260 e. The number of likely N-dealkylation sites (N-methyl/N-ethyl adjacent to an activating group) is 1. The number of aromatic nitrogens is 4. The number of nitrogens with zero attached hydrogens (tertiary/aromatic N) is 3. The first-order valence-corrected chi connectivity index (χ1v) is 7.38. The Morgan fingerprint density at radius 3 is 2.92 bits per heavy atom. The first-order valence-electron chi connectivity index (χ1n) is 7.38. The Morgan fingerprint density at radius 1 is 1.36 bits per heavy atom. The number of para-hydroxylation sites is 1. The lowest BCUT2D eigenvalue weighted by atomic mass is 10.2. The van der Waals surface area contributed by atoms with Crippen LogP contribution in [0.2, 0.25) is 0 Å². The highest BCUT2D eigenvalue weighted by molar-refractivity contribution is 6.11. The Kier molecular flexibility index (Phi) is 4.35. The van der Waals surface area contributed by atoms with Gasteiger partial charge in [0.2, 0.25) is 5.95 Å². The molecule has 130 valence electrons. The molecule has 10 nitrogen and oxygen atoms in total. The van der Waals surface area contributed by atoms with E-state index in [-0.39, 0.29) is 24.2 Å². The number of rotatable bonds is 5. The summed E-state index contributed by atoms with van der Waals surface area (Å²) < 4.78 is 0. The van der Waals surface area contributed by atoms with E-state index in [0.29, 0.717) is 22.3 Å². The Hall–Kier alpha value is -3.40. The lowest BCUT2D eigenvalue weighted by molar-refractivity contribution is -0.167. The summed E-state index contributed by atoms with van der Waals surface area (Å²) >= 11 is 0. The zero-order chi connectivity index (χ0) is 18.0. The molecule has 3 aromatic rings.